The summed E-state index contributed by atoms with van der Waals surface area (Å²) in [5, 5.41) is 11.3. The molecule has 1 aromatic heterocycles. The van der Waals surface area contributed by atoms with Gasteiger partial charge in [-0.2, -0.15) is 9.36 Å². The van der Waals surface area contributed by atoms with Crippen molar-refractivity contribution < 1.29 is 14.3 Å². The fourth-order valence-electron chi connectivity index (χ4n) is 1.78. The summed E-state index contributed by atoms with van der Waals surface area (Å²) in [6, 6.07) is 5.24. The highest BCUT2D eigenvalue weighted by atomic mass is 16.6. The van der Waals surface area contributed by atoms with Gasteiger partial charge < -0.3 is 14.3 Å². The fraction of sp³-hybridized carbons (Fsp3) is 0.385. The normalized spacial score (nSPS) is 11.4. The van der Waals surface area contributed by atoms with Gasteiger partial charge in [0.15, 0.2) is 0 Å². The van der Waals surface area contributed by atoms with Gasteiger partial charge in [-0.1, -0.05) is 11.2 Å². The minimum Gasteiger partial charge on any atom is -0.496 e. The van der Waals surface area contributed by atoms with Crippen LogP contribution in [0.1, 0.15) is 12.5 Å². The minimum atomic E-state index is -0.369. The van der Waals surface area contributed by atoms with Gasteiger partial charge in [-0.05, 0) is 22.6 Å². The highest BCUT2D eigenvalue weighted by Gasteiger charge is 2.15. The molecule has 0 saturated carbocycles. The van der Waals surface area contributed by atoms with E-state index in [1.165, 1.54) is 25.9 Å². The van der Waals surface area contributed by atoms with Crippen molar-refractivity contribution >= 4 is 5.90 Å². The van der Waals surface area contributed by atoms with Crippen LogP contribution in [-0.2, 0) is 23.2 Å². The number of nitrogens with zero attached hydrogens (tertiary/aromatic N) is 5. The zero-order chi connectivity index (χ0) is 16.1. The molecule has 9 heteroatoms. The van der Waals surface area contributed by atoms with Gasteiger partial charge in [-0.25, -0.2) is 4.79 Å². The first-order chi connectivity index (χ1) is 10.6. The molecule has 0 aliphatic rings. The molecule has 22 heavy (non-hydrogen) atoms. The number of aromatic nitrogens is 4. The van der Waals surface area contributed by atoms with E-state index in [1.54, 1.807) is 25.1 Å². The number of tetrazole rings is 1. The molecule has 0 radical (unpaired) electrons. The van der Waals surface area contributed by atoms with Gasteiger partial charge >= 0.3 is 5.69 Å². The van der Waals surface area contributed by atoms with Crippen LogP contribution in [0.3, 0.4) is 0 Å². The second-order valence-electron chi connectivity index (χ2n) is 4.34. The van der Waals surface area contributed by atoms with E-state index in [9.17, 15) is 4.79 Å². The van der Waals surface area contributed by atoms with Crippen molar-refractivity contribution in [1.82, 2.24) is 19.8 Å². The van der Waals surface area contributed by atoms with E-state index in [4.69, 9.17) is 14.3 Å². The lowest BCUT2D eigenvalue weighted by Gasteiger charge is -2.12. The van der Waals surface area contributed by atoms with Crippen LogP contribution in [0.25, 0.3) is 5.69 Å². The molecule has 1 aromatic carbocycles. The second-order valence-corrected chi connectivity index (χ2v) is 4.34. The highest BCUT2D eigenvalue weighted by molar-refractivity contribution is 5.72. The van der Waals surface area contributed by atoms with Crippen molar-refractivity contribution in [2.45, 2.75) is 13.5 Å². The van der Waals surface area contributed by atoms with E-state index >= 15 is 0 Å². The molecule has 0 saturated heterocycles. The summed E-state index contributed by atoms with van der Waals surface area (Å²) in [7, 11) is 4.55. The van der Waals surface area contributed by atoms with Crippen LogP contribution in [-0.4, -0.2) is 39.9 Å². The first kappa shape index (κ1) is 15.5. The van der Waals surface area contributed by atoms with Crippen molar-refractivity contribution in [2.75, 3.05) is 14.2 Å². The van der Waals surface area contributed by atoms with E-state index in [0.29, 0.717) is 22.9 Å². The second kappa shape index (κ2) is 6.74. The van der Waals surface area contributed by atoms with Gasteiger partial charge in [0.1, 0.15) is 12.4 Å². The Morgan fingerprint density at radius 3 is 2.68 bits per heavy atom. The van der Waals surface area contributed by atoms with E-state index < -0.39 is 0 Å². The lowest BCUT2D eigenvalue weighted by Crippen LogP contribution is -2.23. The summed E-state index contributed by atoms with van der Waals surface area (Å²) >= 11 is 0. The molecule has 9 nitrogen and oxygen atoms in total. The lowest BCUT2D eigenvalue weighted by molar-refractivity contribution is 0.119. The summed E-state index contributed by atoms with van der Waals surface area (Å²) in [5.41, 5.74) is 0.772. The largest absolute Gasteiger partial charge is 0.496 e. The van der Waals surface area contributed by atoms with Crippen molar-refractivity contribution in [3.63, 3.8) is 0 Å². The molecule has 0 spiro atoms. The van der Waals surface area contributed by atoms with Crippen molar-refractivity contribution in [3.8, 4) is 11.4 Å². The maximum absolute atomic E-state index is 12.0. The molecular weight excluding hydrogens is 290 g/mol. The summed E-state index contributed by atoms with van der Waals surface area (Å²) in [5.74, 6) is 0.938. The van der Waals surface area contributed by atoms with Gasteiger partial charge in [0.25, 0.3) is 0 Å². The molecule has 2 rings (SSSR count). The Hall–Kier alpha value is -2.84. The average molecular weight is 307 g/mol. The summed E-state index contributed by atoms with van der Waals surface area (Å²) in [6.07, 6.45) is 0. The smallest absolute Gasteiger partial charge is 0.368 e. The molecule has 2 aromatic rings. The van der Waals surface area contributed by atoms with Crippen LogP contribution in [0.2, 0.25) is 0 Å². The van der Waals surface area contributed by atoms with Gasteiger partial charge in [0, 0.05) is 14.0 Å². The third-order valence-electron chi connectivity index (χ3n) is 2.98. The van der Waals surface area contributed by atoms with Crippen molar-refractivity contribution in [3.05, 3.63) is 34.2 Å². The Morgan fingerprint density at radius 2 is 2.09 bits per heavy atom. The van der Waals surface area contributed by atoms with Crippen LogP contribution in [0.5, 0.6) is 5.75 Å². The zero-order valence-corrected chi connectivity index (χ0v) is 12.8. The van der Waals surface area contributed by atoms with Gasteiger partial charge in [-0.3, -0.25) is 0 Å². The molecule has 0 aliphatic heterocycles. The lowest BCUT2D eigenvalue weighted by atomic mass is 10.1. The van der Waals surface area contributed by atoms with Crippen LogP contribution < -0.4 is 10.4 Å². The predicted molar refractivity (Wildman–Crippen MR) is 78.1 cm³/mol. The summed E-state index contributed by atoms with van der Waals surface area (Å²) in [4.78, 5) is 17.3. The third-order valence-corrected chi connectivity index (χ3v) is 2.98. The Balaban J connectivity index is 2.42. The Bertz CT molecular complexity index is 734. The number of methoxy groups -OCH3 is 2. The molecule has 0 unspecified atom stereocenters. The Morgan fingerprint density at radius 1 is 1.32 bits per heavy atom. The SMILES string of the molecule is COC(C)=NOCc1c(OC)cccc1-n1nnn(C)c1=O. The molecular formula is C13H17N5O4. The van der Waals surface area contributed by atoms with Crippen LogP contribution in [0.15, 0.2) is 28.1 Å². The first-order valence-corrected chi connectivity index (χ1v) is 6.44. The molecule has 0 aliphatic carbocycles. The van der Waals surface area contributed by atoms with Gasteiger partial charge in [-0.15, -0.1) is 0 Å². The number of ether oxygens (including phenoxy) is 2. The first-order valence-electron chi connectivity index (χ1n) is 6.44. The standard InChI is InChI=1S/C13H17N5O4/c1-9(20-3)14-22-8-10-11(6-5-7-12(10)21-4)18-13(19)17(2)15-16-18/h5-7H,8H2,1-4H3. The maximum atomic E-state index is 12.0. The zero-order valence-electron chi connectivity index (χ0n) is 12.8. The quantitative estimate of drug-likeness (QED) is 0.453. The molecule has 0 fully saturated rings. The van der Waals surface area contributed by atoms with Crippen LogP contribution >= 0.6 is 0 Å². The Labute approximate surface area is 126 Å². The molecule has 0 N–H and O–H groups in total. The van der Waals surface area contributed by atoms with E-state index in [1.807, 2.05) is 0 Å². The maximum Gasteiger partial charge on any atom is 0.368 e. The number of rotatable bonds is 5. The van der Waals surface area contributed by atoms with E-state index in [-0.39, 0.29) is 12.3 Å². The molecule has 0 amide bonds. The third kappa shape index (κ3) is 3.08. The Kier molecular flexibility index (Phi) is 4.77. The highest BCUT2D eigenvalue weighted by Crippen LogP contribution is 2.25. The van der Waals surface area contributed by atoms with Gasteiger partial charge in [0.2, 0.25) is 5.90 Å². The van der Waals surface area contributed by atoms with Crippen LogP contribution in [0, 0.1) is 0 Å². The molecule has 1 heterocycles. The number of hydrogen-bond donors (Lipinski definition) is 0. The molecule has 118 valence electrons. The van der Waals surface area contributed by atoms with Crippen LogP contribution in [0.4, 0.5) is 0 Å². The van der Waals surface area contributed by atoms with E-state index in [2.05, 4.69) is 15.6 Å². The topological polar surface area (TPSA) is 92.8 Å². The minimum absolute atomic E-state index is 0.0864. The molecule has 0 atom stereocenters. The van der Waals surface area contributed by atoms with Gasteiger partial charge in [0.05, 0.1) is 25.5 Å². The fourth-order valence-corrected chi connectivity index (χ4v) is 1.78. The number of oxime groups is 1. The predicted octanol–water partition coefficient (Wildman–Crippen LogP) is 0.471. The van der Waals surface area contributed by atoms with E-state index in [0.717, 1.165) is 4.68 Å². The number of aryl methyl sites for hydroxylation is 1. The summed E-state index contributed by atoms with van der Waals surface area (Å²) in [6.45, 7) is 1.75. The summed E-state index contributed by atoms with van der Waals surface area (Å²) < 4.78 is 12.5. The van der Waals surface area contributed by atoms with Crippen molar-refractivity contribution in [2.24, 2.45) is 12.2 Å². The number of hydrogen-bond acceptors (Lipinski definition) is 7. The monoisotopic (exact) mass is 307 g/mol. The average Bonchev–Trinajstić information content (AvgIpc) is 2.86. The number of benzene rings is 1. The van der Waals surface area contributed by atoms with Crippen molar-refractivity contribution in [1.29, 1.82) is 0 Å². The molecule has 0 bridgehead atoms.